The first kappa shape index (κ1) is 12.5. The van der Waals surface area contributed by atoms with Crippen molar-refractivity contribution in [3.05, 3.63) is 44.6 Å². The molecular formula is C12H8ClN3OS2. The molecule has 0 aliphatic carbocycles. The van der Waals surface area contributed by atoms with Gasteiger partial charge in [-0.15, -0.1) is 22.7 Å². The molecule has 0 bridgehead atoms. The van der Waals surface area contributed by atoms with Crippen LogP contribution in [0.2, 0.25) is 5.15 Å². The molecule has 0 atom stereocenters. The molecule has 3 aromatic rings. The summed E-state index contributed by atoms with van der Waals surface area (Å²) < 4.78 is 1.71. The summed E-state index contributed by atoms with van der Waals surface area (Å²) in [6, 6.07) is 0. The molecule has 0 fully saturated rings. The van der Waals surface area contributed by atoms with E-state index in [0.717, 1.165) is 15.5 Å². The number of hydrogen-bond acceptors (Lipinski definition) is 5. The lowest BCUT2D eigenvalue weighted by Crippen LogP contribution is -1.99. The number of hydrogen-bond donors (Lipinski definition) is 0. The molecule has 0 amide bonds. The van der Waals surface area contributed by atoms with Crippen molar-refractivity contribution in [3.8, 4) is 0 Å². The largest absolute Gasteiger partial charge is 0.287 e. The number of ketones is 1. The number of aryl methyl sites for hydroxylation is 1. The summed E-state index contributed by atoms with van der Waals surface area (Å²) in [4.78, 5) is 22.2. The summed E-state index contributed by atoms with van der Waals surface area (Å²) in [5.41, 5.74) is 3.06. The standard InChI is InChI=1S/C12H8ClN3OS2/c1-7-9(19-6-14-7)3-2-8(17)10-11(13)15-12-16(10)4-5-18-12/h2-6H,1H3/b3-2+. The molecule has 0 aromatic carbocycles. The Bertz CT molecular complexity index is 784. The molecule has 0 unspecified atom stereocenters. The summed E-state index contributed by atoms with van der Waals surface area (Å²) in [5, 5.41) is 2.11. The normalized spacial score (nSPS) is 11.7. The van der Waals surface area contributed by atoms with Gasteiger partial charge in [0.15, 0.2) is 10.1 Å². The molecule has 19 heavy (non-hydrogen) atoms. The van der Waals surface area contributed by atoms with Gasteiger partial charge in [-0.05, 0) is 19.1 Å². The first-order chi connectivity index (χ1) is 9.16. The lowest BCUT2D eigenvalue weighted by molar-refractivity contribution is 0.104. The van der Waals surface area contributed by atoms with E-state index in [0.29, 0.717) is 5.69 Å². The van der Waals surface area contributed by atoms with Gasteiger partial charge in [0.25, 0.3) is 0 Å². The van der Waals surface area contributed by atoms with E-state index < -0.39 is 0 Å². The average Bonchev–Trinajstić information content (AvgIpc) is 3.02. The highest BCUT2D eigenvalue weighted by Gasteiger charge is 2.16. The number of fused-ring (bicyclic) bond motifs is 1. The number of thiazole rings is 2. The van der Waals surface area contributed by atoms with Crippen molar-refractivity contribution in [2.24, 2.45) is 0 Å². The molecule has 7 heteroatoms. The molecule has 4 nitrogen and oxygen atoms in total. The van der Waals surface area contributed by atoms with Gasteiger partial charge in [-0.1, -0.05) is 11.6 Å². The van der Waals surface area contributed by atoms with E-state index in [2.05, 4.69) is 9.97 Å². The van der Waals surface area contributed by atoms with Gasteiger partial charge < -0.3 is 0 Å². The minimum atomic E-state index is -0.163. The van der Waals surface area contributed by atoms with Crippen LogP contribution >= 0.6 is 34.3 Å². The second kappa shape index (κ2) is 4.88. The summed E-state index contributed by atoms with van der Waals surface area (Å²) >= 11 is 8.94. The van der Waals surface area contributed by atoms with Gasteiger partial charge in [0.05, 0.1) is 11.2 Å². The maximum absolute atomic E-state index is 12.2. The summed E-state index contributed by atoms with van der Waals surface area (Å²) in [7, 11) is 0. The Balaban J connectivity index is 1.96. The minimum Gasteiger partial charge on any atom is -0.287 e. The highest BCUT2D eigenvalue weighted by Crippen LogP contribution is 2.22. The molecule has 0 aliphatic rings. The maximum Gasteiger partial charge on any atom is 0.205 e. The van der Waals surface area contributed by atoms with Crippen molar-refractivity contribution < 1.29 is 4.79 Å². The van der Waals surface area contributed by atoms with Crippen LogP contribution in [0.3, 0.4) is 0 Å². The van der Waals surface area contributed by atoms with Crippen LogP contribution in [0.15, 0.2) is 23.2 Å². The highest BCUT2D eigenvalue weighted by molar-refractivity contribution is 7.15. The molecule has 0 aliphatic heterocycles. The van der Waals surface area contributed by atoms with E-state index in [1.165, 1.54) is 28.7 Å². The van der Waals surface area contributed by atoms with Crippen LogP contribution in [0.1, 0.15) is 21.1 Å². The molecular weight excluding hydrogens is 302 g/mol. The highest BCUT2D eigenvalue weighted by atomic mass is 35.5. The molecule has 0 saturated carbocycles. The molecule has 0 spiro atoms. The lowest BCUT2D eigenvalue weighted by Gasteiger charge is -1.94. The maximum atomic E-state index is 12.2. The third-order valence-electron chi connectivity index (χ3n) is 2.62. The number of nitrogens with zero attached hydrogens (tertiary/aromatic N) is 3. The molecule has 96 valence electrons. The lowest BCUT2D eigenvalue weighted by atomic mass is 10.2. The van der Waals surface area contributed by atoms with Gasteiger partial charge in [-0.25, -0.2) is 9.97 Å². The van der Waals surface area contributed by atoms with Crippen molar-refractivity contribution >= 4 is 51.1 Å². The van der Waals surface area contributed by atoms with Crippen LogP contribution in [0, 0.1) is 6.92 Å². The predicted molar refractivity (Wildman–Crippen MR) is 78.3 cm³/mol. The summed E-state index contributed by atoms with van der Waals surface area (Å²) in [6.45, 7) is 1.91. The van der Waals surface area contributed by atoms with Crippen LogP contribution < -0.4 is 0 Å². The van der Waals surface area contributed by atoms with E-state index in [9.17, 15) is 4.79 Å². The first-order valence-electron chi connectivity index (χ1n) is 5.40. The van der Waals surface area contributed by atoms with E-state index in [1.807, 2.05) is 12.3 Å². The van der Waals surface area contributed by atoms with Gasteiger partial charge in [0, 0.05) is 16.5 Å². The quantitative estimate of drug-likeness (QED) is 0.547. The Morgan fingerprint density at radius 3 is 3.05 bits per heavy atom. The fourth-order valence-electron chi connectivity index (χ4n) is 1.68. The second-order valence-corrected chi connectivity index (χ2v) is 5.92. The van der Waals surface area contributed by atoms with Crippen molar-refractivity contribution in [1.82, 2.24) is 14.4 Å². The Morgan fingerprint density at radius 2 is 2.32 bits per heavy atom. The third kappa shape index (κ3) is 2.22. The molecule has 3 aromatic heterocycles. The van der Waals surface area contributed by atoms with E-state index in [1.54, 1.807) is 22.2 Å². The monoisotopic (exact) mass is 309 g/mol. The van der Waals surface area contributed by atoms with Crippen molar-refractivity contribution in [2.75, 3.05) is 0 Å². The Kier molecular flexibility index (Phi) is 3.22. The zero-order valence-corrected chi connectivity index (χ0v) is 12.2. The number of imidazole rings is 1. The smallest absolute Gasteiger partial charge is 0.205 e. The van der Waals surface area contributed by atoms with E-state index in [-0.39, 0.29) is 10.9 Å². The van der Waals surface area contributed by atoms with Crippen LogP contribution in [-0.2, 0) is 0 Å². The van der Waals surface area contributed by atoms with Gasteiger partial charge >= 0.3 is 0 Å². The van der Waals surface area contributed by atoms with Gasteiger partial charge in [0.2, 0.25) is 5.78 Å². The zero-order valence-electron chi connectivity index (χ0n) is 9.83. The SMILES string of the molecule is Cc1ncsc1/C=C/C(=O)c1c(Cl)nc2sccn12. The van der Waals surface area contributed by atoms with Gasteiger partial charge in [-0.3, -0.25) is 9.20 Å². The fourth-order valence-corrected chi connectivity index (χ4v) is 3.40. The second-order valence-electron chi connectivity index (χ2n) is 3.81. The Hall–Kier alpha value is -1.50. The molecule has 0 radical (unpaired) electrons. The molecule has 3 rings (SSSR count). The first-order valence-corrected chi connectivity index (χ1v) is 7.54. The van der Waals surface area contributed by atoms with Crippen molar-refractivity contribution in [1.29, 1.82) is 0 Å². The van der Waals surface area contributed by atoms with Crippen LogP contribution in [0.4, 0.5) is 0 Å². The predicted octanol–water partition coefficient (Wildman–Crippen LogP) is 3.71. The van der Waals surface area contributed by atoms with Gasteiger partial charge in [-0.2, -0.15) is 0 Å². The molecule has 0 saturated heterocycles. The zero-order chi connectivity index (χ0) is 13.4. The third-order valence-corrected chi connectivity index (χ3v) is 4.54. The molecule has 0 N–H and O–H groups in total. The Labute approximate surface area is 122 Å². The number of allylic oxidation sites excluding steroid dienone is 1. The minimum absolute atomic E-state index is 0.163. The number of rotatable bonds is 3. The van der Waals surface area contributed by atoms with Crippen LogP contribution in [0.25, 0.3) is 11.0 Å². The van der Waals surface area contributed by atoms with Crippen molar-refractivity contribution in [3.63, 3.8) is 0 Å². The molecule has 3 heterocycles. The number of carbonyl (C=O) groups is 1. The van der Waals surface area contributed by atoms with Crippen LogP contribution in [0.5, 0.6) is 0 Å². The number of carbonyl (C=O) groups excluding carboxylic acids is 1. The van der Waals surface area contributed by atoms with Crippen LogP contribution in [-0.4, -0.2) is 20.2 Å². The Morgan fingerprint density at radius 1 is 1.47 bits per heavy atom. The number of aromatic nitrogens is 3. The topological polar surface area (TPSA) is 47.3 Å². The number of halogens is 1. The van der Waals surface area contributed by atoms with Crippen molar-refractivity contribution in [2.45, 2.75) is 6.92 Å². The van der Waals surface area contributed by atoms with Gasteiger partial charge in [0.1, 0.15) is 5.69 Å². The van der Waals surface area contributed by atoms with E-state index in [4.69, 9.17) is 11.6 Å². The van der Waals surface area contributed by atoms with E-state index >= 15 is 0 Å². The summed E-state index contributed by atoms with van der Waals surface area (Å²) in [6.07, 6.45) is 5.06. The fraction of sp³-hybridized carbons (Fsp3) is 0.0833. The average molecular weight is 310 g/mol. The summed E-state index contributed by atoms with van der Waals surface area (Å²) in [5.74, 6) is -0.163.